The second-order valence-corrected chi connectivity index (χ2v) is 7.92. The number of carbonyl (C=O) groups excluding carboxylic acids is 1. The van der Waals surface area contributed by atoms with Crippen LogP contribution in [0, 0.1) is 35.5 Å². The Hall–Kier alpha value is -1.11. The summed E-state index contributed by atoms with van der Waals surface area (Å²) in [5.41, 5.74) is 1.02. The van der Waals surface area contributed by atoms with Gasteiger partial charge >= 0.3 is 0 Å². The summed E-state index contributed by atoms with van der Waals surface area (Å²) in [5, 5.41) is 0. The van der Waals surface area contributed by atoms with Crippen molar-refractivity contribution in [2.45, 2.75) is 73.6 Å². The van der Waals surface area contributed by atoms with Crippen molar-refractivity contribution in [3.8, 4) is 0 Å². The molecule has 0 aromatic heterocycles. The van der Waals surface area contributed by atoms with Gasteiger partial charge in [-0.25, -0.2) is 0 Å². The highest BCUT2D eigenvalue weighted by Crippen LogP contribution is 2.63. The SMILES string of the molecule is C.C=CC(=C)C.C=CC(C)=O.CCC1CC2CC1C1CCC(CC)C21. The molecule has 1 heteroatoms. The van der Waals surface area contributed by atoms with Crippen LogP contribution >= 0.6 is 0 Å². The number of hydrogen-bond donors (Lipinski definition) is 0. The summed E-state index contributed by atoms with van der Waals surface area (Å²) in [7, 11) is 0. The van der Waals surface area contributed by atoms with Crippen molar-refractivity contribution < 1.29 is 4.79 Å². The first-order valence-electron chi connectivity index (χ1n) is 9.80. The van der Waals surface area contributed by atoms with Crippen molar-refractivity contribution in [2.75, 3.05) is 0 Å². The summed E-state index contributed by atoms with van der Waals surface area (Å²) in [6.45, 7) is 18.4. The minimum atomic E-state index is 0. The number of rotatable bonds is 4. The summed E-state index contributed by atoms with van der Waals surface area (Å²) < 4.78 is 0. The highest BCUT2D eigenvalue weighted by Gasteiger charge is 2.55. The smallest absolute Gasteiger partial charge is 0.152 e. The standard InChI is InChI=1S/C14H24.C5H8.C4H6O.CH4/c1-3-9-5-6-12-13-8-11(14(9)12)7-10(13)4-2;1-4-5(2)3;1-3-4(2)5;/h9-14H,3-8H2,1-2H3;4H,1-2H2,3H3;3H,1H2,2H3;1H4. The van der Waals surface area contributed by atoms with E-state index in [1.54, 1.807) is 31.8 Å². The van der Waals surface area contributed by atoms with E-state index in [1.165, 1.54) is 37.7 Å². The van der Waals surface area contributed by atoms with Crippen LogP contribution in [-0.2, 0) is 4.79 Å². The van der Waals surface area contributed by atoms with Crippen LogP contribution in [-0.4, -0.2) is 5.78 Å². The Morgan fingerprint density at radius 2 is 1.48 bits per heavy atom. The number of fused-ring (bicyclic) bond motifs is 5. The van der Waals surface area contributed by atoms with E-state index >= 15 is 0 Å². The van der Waals surface area contributed by atoms with Crippen LogP contribution in [0.15, 0.2) is 37.5 Å². The van der Waals surface area contributed by atoms with E-state index in [4.69, 9.17) is 0 Å². The van der Waals surface area contributed by atoms with Crippen molar-refractivity contribution in [1.82, 2.24) is 0 Å². The Labute approximate surface area is 157 Å². The highest BCUT2D eigenvalue weighted by molar-refractivity contribution is 5.86. The zero-order valence-electron chi connectivity index (χ0n) is 16.4. The topological polar surface area (TPSA) is 17.1 Å². The maximum absolute atomic E-state index is 9.69. The van der Waals surface area contributed by atoms with Crippen molar-refractivity contribution in [3.63, 3.8) is 0 Å². The molecule has 0 aromatic rings. The summed E-state index contributed by atoms with van der Waals surface area (Å²) in [4.78, 5) is 9.69. The molecule has 144 valence electrons. The number of hydrogen-bond acceptors (Lipinski definition) is 1. The first-order chi connectivity index (χ1) is 11.4. The molecule has 6 unspecified atom stereocenters. The molecule has 0 saturated heterocycles. The molecule has 0 radical (unpaired) electrons. The van der Waals surface area contributed by atoms with Crippen LogP contribution in [0.25, 0.3) is 0 Å². The average molecular weight is 347 g/mol. The van der Waals surface area contributed by atoms with Gasteiger partial charge in [-0.2, -0.15) is 0 Å². The lowest BCUT2D eigenvalue weighted by Gasteiger charge is -2.33. The molecular formula is C24H42O. The van der Waals surface area contributed by atoms with Gasteiger partial charge in [0.05, 0.1) is 0 Å². The predicted octanol–water partition coefficient (Wildman–Crippen LogP) is 7.25. The van der Waals surface area contributed by atoms with Crippen LogP contribution < -0.4 is 0 Å². The van der Waals surface area contributed by atoms with Gasteiger partial charge in [0.2, 0.25) is 0 Å². The molecule has 2 bridgehead atoms. The van der Waals surface area contributed by atoms with Crippen LogP contribution in [0.3, 0.4) is 0 Å². The zero-order chi connectivity index (χ0) is 18.3. The van der Waals surface area contributed by atoms with E-state index < -0.39 is 0 Å². The van der Waals surface area contributed by atoms with E-state index in [0.717, 1.165) is 29.2 Å². The predicted molar refractivity (Wildman–Crippen MR) is 113 cm³/mol. The molecule has 0 amide bonds. The molecular weight excluding hydrogens is 304 g/mol. The van der Waals surface area contributed by atoms with E-state index in [9.17, 15) is 4.79 Å². The van der Waals surface area contributed by atoms with Crippen molar-refractivity contribution in [2.24, 2.45) is 35.5 Å². The van der Waals surface area contributed by atoms with E-state index in [2.05, 4.69) is 33.6 Å². The fourth-order valence-corrected chi connectivity index (χ4v) is 5.36. The third kappa shape index (κ3) is 6.28. The Bertz CT molecular complexity index is 427. The monoisotopic (exact) mass is 346 g/mol. The molecule has 0 N–H and O–H groups in total. The Kier molecular flexibility index (Phi) is 11.0. The lowest BCUT2D eigenvalue weighted by atomic mass is 9.72. The van der Waals surface area contributed by atoms with Crippen LogP contribution in [0.2, 0.25) is 0 Å². The number of allylic oxidation sites excluding steroid dienone is 3. The molecule has 3 aliphatic carbocycles. The third-order valence-electron chi connectivity index (χ3n) is 6.47. The second kappa shape index (κ2) is 11.5. The third-order valence-corrected chi connectivity index (χ3v) is 6.47. The molecule has 0 aromatic carbocycles. The largest absolute Gasteiger partial charge is 0.295 e. The van der Waals surface area contributed by atoms with Gasteiger partial charge < -0.3 is 0 Å². The Morgan fingerprint density at radius 1 is 0.960 bits per heavy atom. The molecule has 1 nitrogen and oxygen atoms in total. The van der Waals surface area contributed by atoms with E-state index in [1.807, 2.05) is 6.92 Å². The molecule has 6 atom stereocenters. The van der Waals surface area contributed by atoms with Crippen LogP contribution in [0.1, 0.15) is 73.6 Å². The Morgan fingerprint density at radius 3 is 1.88 bits per heavy atom. The highest BCUT2D eigenvalue weighted by atomic mass is 16.1. The fourth-order valence-electron chi connectivity index (χ4n) is 5.36. The van der Waals surface area contributed by atoms with E-state index in [0.29, 0.717) is 0 Å². The summed E-state index contributed by atoms with van der Waals surface area (Å²) in [6.07, 6.45) is 12.3. The molecule has 3 fully saturated rings. The first-order valence-corrected chi connectivity index (χ1v) is 9.80. The van der Waals surface area contributed by atoms with Gasteiger partial charge in [0.25, 0.3) is 0 Å². The lowest BCUT2D eigenvalue weighted by molar-refractivity contribution is -0.112. The van der Waals surface area contributed by atoms with Crippen LogP contribution in [0.5, 0.6) is 0 Å². The van der Waals surface area contributed by atoms with Gasteiger partial charge in [-0.15, -0.1) is 0 Å². The van der Waals surface area contributed by atoms with Gasteiger partial charge in [-0.05, 0) is 81.1 Å². The van der Waals surface area contributed by atoms with Crippen molar-refractivity contribution in [3.05, 3.63) is 37.5 Å². The molecule has 0 heterocycles. The number of ketones is 1. The fraction of sp³-hybridized carbons (Fsp3) is 0.708. The summed E-state index contributed by atoms with van der Waals surface area (Å²) in [5.74, 6) is 6.92. The van der Waals surface area contributed by atoms with Gasteiger partial charge in [0.1, 0.15) is 0 Å². The maximum atomic E-state index is 9.69. The first kappa shape index (κ1) is 23.9. The van der Waals surface area contributed by atoms with Crippen molar-refractivity contribution >= 4 is 5.78 Å². The molecule has 3 aliphatic rings. The zero-order valence-corrected chi connectivity index (χ0v) is 16.4. The summed E-state index contributed by atoms with van der Waals surface area (Å²) in [6, 6.07) is 0. The molecule has 3 saturated carbocycles. The van der Waals surface area contributed by atoms with Gasteiger partial charge in [0.15, 0.2) is 5.78 Å². The summed E-state index contributed by atoms with van der Waals surface area (Å²) >= 11 is 0. The van der Waals surface area contributed by atoms with Crippen LogP contribution in [0.4, 0.5) is 0 Å². The average Bonchev–Trinajstić information content (AvgIpc) is 3.26. The Balaban J connectivity index is 0.000000445. The maximum Gasteiger partial charge on any atom is 0.152 e. The second-order valence-electron chi connectivity index (χ2n) is 7.92. The molecule has 0 aliphatic heterocycles. The minimum absolute atomic E-state index is 0. The molecule has 3 rings (SSSR count). The normalized spacial score (nSPS) is 33.6. The van der Waals surface area contributed by atoms with Gasteiger partial charge in [0, 0.05) is 0 Å². The number of carbonyl (C=O) groups is 1. The van der Waals surface area contributed by atoms with Gasteiger partial charge in [-0.3, -0.25) is 4.79 Å². The molecule has 0 spiro atoms. The lowest BCUT2D eigenvalue weighted by Crippen LogP contribution is -2.26. The quantitative estimate of drug-likeness (QED) is 0.387. The van der Waals surface area contributed by atoms with Gasteiger partial charge in [-0.1, -0.05) is 65.5 Å². The van der Waals surface area contributed by atoms with E-state index in [-0.39, 0.29) is 13.2 Å². The van der Waals surface area contributed by atoms with Crippen molar-refractivity contribution in [1.29, 1.82) is 0 Å². The minimum Gasteiger partial charge on any atom is -0.295 e. The molecule has 25 heavy (non-hydrogen) atoms.